The van der Waals surface area contributed by atoms with Crippen LogP contribution in [0.2, 0.25) is 0 Å². The maximum absolute atomic E-state index is 11.5. The summed E-state index contributed by atoms with van der Waals surface area (Å²) < 4.78 is 0. The Hall–Kier alpha value is -1.39. The van der Waals surface area contributed by atoms with Crippen LogP contribution in [0.1, 0.15) is 12.5 Å². The van der Waals surface area contributed by atoms with Crippen LogP contribution in [0.5, 0.6) is 0 Å². The molecule has 0 saturated carbocycles. The third-order valence-electron chi connectivity index (χ3n) is 2.20. The molecule has 94 valence electrons. The lowest BCUT2D eigenvalue weighted by molar-refractivity contribution is -0.138. The lowest BCUT2D eigenvalue weighted by Gasteiger charge is -2.09. The maximum Gasteiger partial charge on any atom is 0.289 e. The second-order valence-corrected chi connectivity index (χ2v) is 3.52. The lowest BCUT2D eigenvalue weighted by atomic mass is 10.0. The fourth-order valence-corrected chi connectivity index (χ4v) is 1.38. The highest BCUT2D eigenvalue weighted by atomic mass is 35.5. The van der Waals surface area contributed by atoms with Crippen LogP contribution in [0, 0.1) is 0 Å². The number of hydrogen-bond acceptors (Lipinski definition) is 3. The van der Waals surface area contributed by atoms with Gasteiger partial charge in [0.2, 0.25) is 5.78 Å². The summed E-state index contributed by atoms with van der Waals surface area (Å²) in [7, 11) is 0. The van der Waals surface area contributed by atoms with E-state index in [0.717, 1.165) is 5.56 Å². The van der Waals surface area contributed by atoms with E-state index in [4.69, 9.17) is 5.73 Å². The molecular formula is C12H17ClN2O2. The molecule has 0 fully saturated rings. The normalized spacial score (nSPS) is 11.2. The molecule has 0 aliphatic heterocycles. The van der Waals surface area contributed by atoms with Crippen LogP contribution in [-0.2, 0) is 16.0 Å². The Labute approximate surface area is 107 Å². The Bertz CT molecular complexity index is 368. The van der Waals surface area contributed by atoms with Gasteiger partial charge < -0.3 is 11.1 Å². The van der Waals surface area contributed by atoms with Crippen LogP contribution < -0.4 is 11.1 Å². The summed E-state index contributed by atoms with van der Waals surface area (Å²) in [5.41, 5.74) is 6.62. The molecule has 1 aromatic carbocycles. The van der Waals surface area contributed by atoms with Crippen molar-refractivity contribution in [3.63, 3.8) is 0 Å². The monoisotopic (exact) mass is 256 g/mol. The Morgan fingerprint density at radius 2 is 1.88 bits per heavy atom. The van der Waals surface area contributed by atoms with Gasteiger partial charge in [0.05, 0.1) is 6.04 Å². The quantitative estimate of drug-likeness (QED) is 0.761. The summed E-state index contributed by atoms with van der Waals surface area (Å²) >= 11 is 0. The number of benzene rings is 1. The summed E-state index contributed by atoms with van der Waals surface area (Å²) in [6, 6.07) is 8.63. The van der Waals surface area contributed by atoms with Gasteiger partial charge in [0.1, 0.15) is 0 Å². The molecule has 17 heavy (non-hydrogen) atoms. The number of carbonyl (C=O) groups excluding carboxylic acids is 2. The van der Waals surface area contributed by atoms with E-state index in [0.29, 0.717) is 13.0 Å². The minimum Gasteiger partial charge on any atom is -0.350 e. The van der Waals surface area contributed by atoms with Gasteiger partial charge in [0, 0.05) is 6.54 Å². The van der Waals surface area contributed by atoms with Crippen molar-refractivity contribution in [3.05, 3.63) is 35.9 Å². The average molecular weight is 257 g/mol. The smallest absolute Gasteiger partial charge is 0.289 e. The third kappa shape index (κ3) is 4.97. The molecule has 0 unspecified atom stereocenters. The van der Waals surface area contributed by atoms with Crippen molar-refractivity contribution in [1.82, 2.24) is 5.32 Å². The maximum atomic E-state index is 11.5. The predicted octanol–water partition coefficient (Wildman–Crippen LogP) is 0.683. The Kier molecular flexibility index (Phi) is 7.18. The molecule has 0 aromatic heterocycles. The van der Waals surface area contributed by atoms with Crippen LogP contribution in [0.3, 0.4) is 0 Å². The van der Waals surface area contributed by atoms with E-state index < -0.39 is 17.7 Å². The number of hydrogen-bond donors (Lipinski definition) is 2. The molecule has 0 spiro atoms. The molecule has 4 nitrogen and oxygen atoms in total. The molecule has 3 N–H and O–H groups in total. The van der Waals surface area contributed by atoms with Crippen molar-refractivity contribution in [3.8, 4) is 0 Å². The van der Waals surface area contributed by atoms with Gasteiger partial charge in [-0.05, 0) is 18.9 Å². The third-order valence-corrected chi connectivity index (χ3v) is 2.20. The molecule has 0 radical (unpaired) electrons. The first-order chi connectivity index (χ1) is 7.65. The minimum atomic E-state index is -0.769. The number of nitrogens with one attached hydrogen (secondary N) is 1. The van der Waals surface area contributed by atoms with Crippen molar-refractivity contribution < 1.29 is 9.59 Å². The fraction of sp³-hybridized carbons (Fsp3) is 0.333. The summed E-state index contributed by atoms with van der Waals surface area (Å²) in [4.78, 5) is 22.7. The van der Waals surface area contributed by atoms with E-state index >= 15 is 0 Å². The largest absolute Gasteiger partial charge is 0.350 e. The summed E-state index contributed by atoms with van der Waals surface area (Å²) in [5, 5.41) is 2.44. The predicted molar refractivity (Wildman–Crippen MR) is 69.1 cm³/mol. The summed E-state index contributed by atoms with van der Waals surface area (Å²) in [5.74, 6) is -1.17. The molecule has 0 heterocycles. The first-order valence-electron chi connectivity index (χ1n) is 5.26. The van der Waals surface area contributed by atoms with Gasteiger partial charge in [0.25, 0.3) is 5.91 Å². The summed E-state index contributed by atoms with van der Waals surface area (Å²) in [6.45, 7) is 2.19. The molecule has 1 amide bonds. The van der Waals surface area contributed by atoms with Gasteiger partial charge in [-0.3, -0.25) is 9.59 Å². The lowest BCUT2D eigenvalue weighted by Crippen LogP contribution is -2.43. The highest BCUT2D eigenvalue weighted by molar-refractivity contribution is 6.38. The van der Waals surface area contributed by atoms with Gasteiger partial charge >= 0.3 is 0 Å². The molecular weight excluding hydrogens is 240 g/mol. The summed E-state index contributed by atoms with van der Waals surface area (Å²) in [6.07, 6.45) is 0.386. The van der Waals surface area contributed by atoms with Crippen molar-refractivity contribution in [1.29, 1.82) is 0 Å². The van der Waals surface area contributed by atoms with Crippen LogP contribution in [0.25, 0.3) is 0 Å². The molecule has 0 saturated heterocycles. The topological polar surface area (TPSA) is 72.2 Å². The van der Waals surface area contributed by atoms with Crippen LogP contribution in [0.4, 0.5) is 0 Å². The number of halogens is 1. The van der Waals surface area contributed by atoms with Gasteiger partial charge in [-0.1, -0.05) is 30.3 Å². The zero-order valence-electron chi connectivity index (χ0n) is 9.68. The van der Waals surface area contributed by atoms with Crippen LogP contribution in [-0.4, -0.2) is 24.3 Å². The number of amides is 1. The Balaban J connectivity index is 0.00000256. The first-order valence-corrected chi connectivity index (χ1v) is 5.26. The van der Waals surface area contributed by atoms with E-state index in [1.165, 1.54) is 0 Å². The van der Waals surface area contributed by atoms with Gasteiger partial charge in [-0.2, -0.15) is 0 Å². The number of ketones is 1. The number of Topliss-reactive ketones (excluding diaryl/α,β-unsaturated/α-hetero) is 1. The average Bonchev–Trinajstić information content (AvgIpc) is 2.29. The second-order valence-electron chi connectivity index (χ2n) is 3.52. The molecule has 0 aliphatic rings. The van der Waals surface area contributed by atoms with E-state index in [-0.39, 0.29) is 12.4 Å². The molecule has 1 rings (SSSR count). The second kappa shape index (κ2) is 7.81. The van der Waals surface area contributed by atoms with Crippen molar-refractivity contribution in [2.24, 2.45) is 5.73 Å². The Morgan fingerprint density at radius 3 is 2.41 bits per heavy atom. The highest BCUT2D eigenvalue weighted by Gasteiger charge is 2.21. The molecule has 5 heteroatoms. The zero-order chi connectivity index (χ0) is 12.0. The molecule has 1 atom stereocenters. The van der Waals surface area contributed by atoms with Crippen LogP contribution >= 0.6 is 12.4 Å². The number of carbonyl (C=O) groups is 2. The van der Waals surface area contributed by atoms with Crippen molar-refractivity contribution in [2.75, 3.05) is 6.54 Å². The van der Waals surface area contributed by atoms with Crippen LogP contribution in [0.15, 0.2) is 30.3 Å². The number of likely N-dealkylation sites (N-methyl/N-ethyl adjacent to an activating group) is 1. The number of nitrogens with two attached hydrogens (primary N) is 1. The van der Waals surface area contributed by atoms with Gasteiger partial charge in [-0.25, -0.2) is 0 Å². The van der Waals surface area contributed by atoms with E-state index in [1.54, 1.807) is 6.92 Å². The number of rotatable bonds is 5. The molecule has 0 bridgehead atoms. The fourth-order valence-electron chi connectivity index (χ4n) is 1.38. The Morgan fingerprint density at radius 1 is 1.29 bits per heavy atom. The molecule has 1 aromatic rings. The van der Waals surface area contributed by atoms with Crippen molar-refractivity contribution in [2.45, 2.75) is 19.4 Å². The minimum absolute atomic E-state index is 0. The SMILES string of the molecule is CCNC(=O)C(=O)[C@@H](N)Cc1ccccc1.Cl. The van der Waals surface area contributed by atoms with E-state index in [9.17, 15) is 9.59 Å². The van der Waals surface area contributed by atoms with E-state index in [2.05, 4.69) is 5.32 Å². The molecule has 0 aliphatic carbocycles. The highest BCUT2D eigenvalue weighted by Crippen LogP contribution is 2.02. The van der Waals surface area contributed by atoms with Crippen molar-refractivity contribution >= 4 is 24.1 Å². The standard InChI is InChI=1S/C12H16N2O2.ClH/c1-2-14-12(16)11(15)10(13)8-9-6-4-3-5-7-9;/h3-7,10H,2,8,13H2,1H3,(H,14,16);1H/t10-;/m0./s1. The van der Waals surface area contributed by atoms with E-state index in [1.807, 2.05) is 30.3 Å². The first kappa shape index (κ1) is 15.6. The zero-order valence-corrected chi connectivity index (χ0v) is 10.5. The van der Waals surface area contributed by atoms with Gasteiger partial charge in [-0.15, -0.1) is 12.4 Å². The van der Waals surface area contributed by atoms with Gasteiger partial charge in [0.15, 0.2) is 0 Å².